The molecule has 1 unspecified atom stereocenters. The number of hydrogen-bond acceptors (Lipinski definition) is 3. The Labute approximate surface area is 91.6 Å². The van der Waals surface area contributed by atoms with Crippen molar-refractivity contribution >= 4 is 16.0 Å². The molecule has 1 atom stereocenters. The van der Waals surface area contributed by atoms with Crippen LogP contribution < -0.4 is 5.73 Å². The second-order valence-corrected chi connectivity index (χ2v) is 5.38. The van der Waals surface area contributed by atoms with Crippen LogP contribution in [-0.4, -0.2) is 24.1 Å². The van der Waals surface area contributed by atoms with Crippen LogP contribution in [0.5, 0.6) is 0 Å². The lowest BCUT2D eigenvalue weighted by Gasteiger charge is -2.14. The van der Waals surface area contributed by atoms with E-state index in [-0.39, 0.29) is 5.92 Å². The Balaban J connectivity index is 0. The highest BCUT2D eigenvalue weighted by Gasteiger charge is 2.29. The van der Waals surface area contributed by atoms with Crippen molar-refractivity contribution in [3.63, 3.8) is 0 Å². The van der Waals surface area contributed by atoms with Gasteiger partial charge in [-0.15, -0.1) is 6.58 Å². The van der Waals surface area contributed by atoms with Gasteiger partial charge in [-0.3, -0.25) is 9.96 Å². The highest BCUT2D eigenvalue weighted by Crippen LogP contribution is 2.09. The summed E-state index contributed by atoms with van der Waals surface area (Å²) in [6.07, 6.45) is 0. The second-order valence-electron chi connectivity index (χ2n) is 3.84. The Morgan fingerprint density at radius 1 is 1.40 bits per heavy atom. The monoisotopic (exact) mass is 236 g/mol. The molecule has 0 radical (unpaired) electrons. The first-order chi connectivity index (χ1) is 6.50. The minimum absolute atomic E-state index is 0.387. The summed E-state index contributed by atoms with van der Waals surface area (Å²) in [6.45, 7) is 10.6. The summed E-state index contributed by atoms with van der Waals surface area (Å²) >= 11 is 0. The van der Waals surface area contributed by atoms with Crippen LogP contribution in [0, 0.1) is 11.3 Å². The van der Waals surface area contributed by atoms with E-state index in [0.29, 0.717) is 0 Å². The van der Waals surface area contributed by atoms with Crippen molar-refractivity contribution in [1.82, 2.24) is 0 Å². The maximum absolute atomic E-state index is 10.5. The van der Waals surface area contributed by atoms with Crippen LogP contribution in [0.25, 0.3) is 0 Å². The molecule has 0 fully saturated rings. The third kappa shape index (κ3) is 9.42. The number of nitrogens with two attached hydrogens (primary N) is 1. The van der Waals surface area contributed by atoms with Gasteiger partial charge in [0.25, 0.3) is 10.1 Å². The zero-order valence-electron chi connectivity index (χ0n) is 9.61. The van der Waals surface area contributed by atoms with E-state index in [0.717, 1.165) is 0 Å². The van der Waals surface area contributed by atoms with Gasteiger partial charge in [-0.25, -0.2) is 0 Å². The largest absolute Gasteiger partial charge is 0.386 e. The Kier molecular flexibility index (Phi) is 7.25. The minimum Gasteiger partial charge on any atom is -0.386 e. The number of nitrogens with one attached hydrogen (secondary N) is 1. The van der Waals surface area contributed by atoms with E-state index in [1.54, 1.807) is 13.8 Å². The Morgan fingerprint density at radius 2 is 1.67 bits per heavy atom. The SMILES string of the molecule is C=C(C)C.CC(C)C(C(=N)N)S(=O)(=O)O. The van der Waals surface area contributed by atoms with Crippen LogP contribution in [0.2, 0.25) is 0 Å². The third-order valence-corrected chi connectivity index (χ3v) is 2.67. The second kappa shape index (κ2) is 6.58. The number of hydrogen-bond donors (Lipinski definition) is 3. The molecule has 15 heavy (non-hydrogen) atoms. The first-order valence-electron chi connectivity index (χ1n) is 4.42. The van der Waals surface area contributed by atoms with Crippen molar-refractivity contribution in [2.45, 2.75) is 32.9 Å². The quantitative estimate of drug-likeness (QED) is 0.298. The standard InChI is InChI=1S/C5H12N2O3S.C4H8/c1-3(2)4(5(6)7)11(8,9)10;1-4(2)3/h3-4H,1-2H3,(H3,6,7)(H,8,9,10);1H2,2-3H3. The maximum Gasteiger partial charge on any atom is 0.275 e. The van der Waals surface area contributed by atoms with Crippen molar-refractivity contribution in [3.8, 4) is 0 Å². The molecule has 0 aliphatic carbocycles. The minimum atomic E-state index is -4.21. The molecule has 4 N–H and O–H groups in total. The van der Waals surface area contributed by atoms with E-state index in [9.17, 15) is 8.42 Å². The molecule has 0 aliphatic heterocycles. The molecular formula is C9H20N2O3S. The van der Waals surface area contributed by atoms with E-state index >= 15 is 0 Å². The molecule has 6 heteroatoms. The van der Waals surface area contributed by atoms with Crippen molar-refractivity contribution in [1.29, 1.82) is 5.41 Å². The van der Waals surface area contributed by atoms with Gasteiger partial charge in [0.2, 0.25) is 0 Å². The average Bonchev–Trinajstić information content (AvgIpc) is 1.76. The number of allylic oxidation sites excluding steroid dienone is 1. The van der Waals surface area contributed by atoms with Gasteiger partial charge in [-0.2, -0.15) is 8.42 Å². The molecule has 0 aromatic rings. The molecule has 0 aromatic heterocycles. The summed E-state index contributed by atoms with van der Waals surface area (Å²) in [5.41, 5.74) is 6.13. The van der Waals surface area contributed by atoms with E-state index in [2.05, 4.69) is 6.58 Å². The molecule has 0 bridgehead atoms. The fourth-order valence-corrected chi connectivity index (χ4v) is 1.87. The first kappa shape index (κ1) is 16.5. The Hall–Kier alpha value is -0.880. The normalized spacial score (nSPS) is 12.7. The molecule has 0 heterocycles. The summed E-state index contributed by atoms with van der Waals surface area (Å²) in [5.74, 6) is -0.912. The predicted molar refractivity (Wildman–Crippen MR) is 62.6 cm³/mol. The van der Waals surface area contributed by atoms with E-state index < -0.39 is 21.2 Å². The Morgan fingerprint density at radius 3 is 1.67 bits per heavy atom. The first-order valence-corrected chi connectivity index (χ1v) is 5.92. The average molecular weight is 236 g/mol. The third-order valence-electron chi connectivity index (χ3n) is 1.23. The van der Waals surface area contributed by atoms with Gasteiger partial charge in [-0.1, -0.05) is 19.4 Å². The van der Waals surface area contributed by atoms with Gasteiger partial charge >= 0.3 is 0 Å². The van der Waals surface area contributed by atoms with Crippen LogP contribution in [0.3, 0.4) is 0 Å². The molecule has 0 saturated carbocycles. The molecule has 0 rings (SSSR count). The lowest BCUT2D eigenvalue weighted by molar-refractivity contribution is 0.462. The smallest absolute Gasteiger partial charge is 0.275 e. The molecule has 0 aromatic carbocycles. The molecule has 0 spiro atoms. The molecular weight excluding hydrogens is 216 g/mol. The molecule has 90 valence electrons. The van der Waals surface area contributed by atoms with Crippen molar-refractivity contribution in [2.24, 2.45) is 11.7 Å². The molecule has 0 aliphatic rings. The zero-order valence-corrected chi connectivity index (χ0v) is 10.4. The summed E-state index contributed by atoms with van der Waals surface area (Å²) in [7, 11) is -4.21. The number of rotatable bonds is 3. The van der Waals surface area contributed by atoms with Gasteiger partial charge in [0, 0.05) is 0 Å². The van der Waals surface area contributed by atoms with Crippen LogP contribution in [0.15, 0.2) is 12.2 Å². The Bertz CT molecular complexity index is 316. The van der Waals surface area contributed by atoms with Gasteiger partial charge in [-0.05, 0) is 19.8 Å². The summed E-state index contributed by atoms with van der Waals surface area (Å²) in [4.78, 5) is 0. The van der Waals surface area contributed by atoms with E-state index in [1.165, 1.54) is 5.57 Å². The van der Waals surface area contributed by atoms with Crippen LogP contribution in [0.1, 0.15) is 27.7 Å². The summed E-state index contributed by atoms with van der Waals surface area (Å²) in [5, 5.41) is 5.60. The van der Waals surface area contributed by atoms with Crippen LogP contribution in [-0.2, 0) is 10.1 Å². The molecule has 5 nitrogen and oxygen atoms in total. The molecule has 0 saturated heterocycles. The highest BCUT2D eigenvalue weighted by atomic mass is 32.2. The van der Waals surface area contributed by atoms with Crippen LogP contribution >= 0.6 is 0 Å². The summed E-state index contributed by atoms with van der Waals surface area (Å²) in [6, 6.07) is 0. The fraction of sp³-hybridized carbons (Fsp3) is 0.667. The fourth-order valence-electron chi connectivity index (χ4n) is 0.864. The lowest BCUT2D eigenvalue weighted by Crippen LogP contribution is -2.39. The lowest BCUT2D eigenvalue weighted by atomic mass is 10.1. The van der Waals surface area contributed by atoms with Gasteiger partial charge in [0.1, 0.15) is 11.1 Å². The van der Waals surface area contributed by atoms with Crippen molar-refractivity contribution < 1.29 is 13.0 Å². The van der Waals surface area contributed by atoms with Gasteiger partial charge in [0.05, 0.1) is 0 Å². The number of amidine groups is 1. The van der Waals surface area contributed by atoms with E-state index in [1.807, 2.05) is 13.8 Å². The van der Waals surface area contributed by atoms with Crippen LogP contribution in [0.4, 0.5) is 0 Å². The van der Waals surface area contributed by atoms with Crippen molar-refractivity contribution in [3.05, 3.63) is 12.2 Å². The maximum atomic E-state index is 10.5. The highest BCUT2D eigenvalue weighted by molar-refractivity contribution is 7.87. The van der Waals surface area contributed by atoms with E-state index in [4.69, 9.17) is 15.7 Å². The topological polar surface area (TPSA) is 104 Å². The van der Waals surface area contributed by atoms with Crippen molar-refractivity contribution in [2.75, 3.05) is 0 Å². The van der Waals surface area contributed by atoms with Gasteiger partial charge in [0.15, 0.2) is 0 Å². The van der Waals surface area contributed by atoms with Gasteiger partial charge < -0.3 is 5.73 Å². The predicted octanol–water partition coefficient (Wildman–Crippen LogP) is 1.42. The summed E-state index contributed by atoms with van der Waals surface area (Å²) < 4.78 is 29.7. The zero-order chi connectivity index (χ0) is 12.8. The molecule has 0 amide bonds.